The van der Waals surface area contributed by atoms with Gasteiger partial charge in [-0.05, 0) is 30.7 Å². The fourth-order valence-electron chi connectivity index (χ4n) is 2.98. The van der Waals surface area contributed by atoms with Gasteiger partial charge in [0.1, 0.15) is 0 Å². The summed E-state index contributed by atoms with van der Waals surface area (Å²) < 4.78 is 0. The highest BCUT2D eigenvalue weighted by Gasteiger charge is 2.31. The minimum Gasteiger partial charge on any atom is -0.351 e. The van der Waals surface area contributed by atoms with Crippen LogP contribution in [0.1, 0.15) is 51.0 Å². The maximum Gasteiger partial charge on any atom is 0.228 e. The summed E-state index contributed by atoms with van der Waals surface area (Å²) in [5.41, 5.74) is 1.10. The molecule has 1 aliphatic carbocycles. The molecule has 0 aromatic heterocycles. The third kappa shape index (κ3) is 3.54. The summed E-state index contributed by atoms with van der Waals surface area (Å²) in [6, 6.07) is 10.2. The summed E-state index contributed by atoms with van der Waals surface area (Å²) >= 11 is 6.27. The van der Waals surface area contributed by atoms with Gasteiger partial charge in [0.05, 0.1) is 11.3 Å². The molecule has 1 N–H and O–H groups in total. The first-order chi connectivity index (χ1) is 9.63. The Morgan fingerprint density at radius 3 is 2.60 bits per heavy atom. The average Bonchev–Trinajstić information content (AvgIpc) is 2.85. The number of hydrogen-bond acceptors (Lipinski definition) is 1. The Morgan fingerprint density at radius 1 is 1.35 bits per heavy atom. The molecule has 0 bridgehead atoms. The van der Waals surface area contributed by atoms with Gasteiger partial charge in [-0.25, -0.2) is 0 Å². The van der Waals surface area contributed by atoms with E-state index in [-0.39, 0.29) is 23.2 Å². The maximum absolute atomic E-state index is 12.7. The van der Waals surface area contributed by atoms with Crippen molar-refractivity contribution in [2.75, 3.05) is 0 Å². The molecule has 0 radical (unpaired) electrons. The highest BCUT2D eigenvalue weighted by Crippen LogP contribution is 2.29. The molecule has 4 unspecified atom stereocenters. The topological polar surface area (TPSA) is 29.1 Å². The largest absolute Gasteiger partial charge is 0.351 e. The number of alkyl halides is 1. The molecule has 1 fully saturated rings. The van der Waals surface area contributed by atoms with Crippen LogP contribution in [0.4, 0.5) is 0 Å². The number of halogens is 1. The van der Waals surface area contributed by atoms with E-state index in [4.69, 9.17) is 11.6 Å². The smallest absolute Gasteiger partial charge is 0.228 e. The number of nitrogens with one attached hydrogen (secondary N) is 1. The molecule has 110 valence electrons. The van der Waals surface area contributed by atoms with Crippen molar-refractivity contribution in [1.29, 1.82) is 0 Å². The van der Waals surface area contributed by atoms with E-state index in [9.17, 15) is 4.79 Å². The molecule has 2 rings (SSSR count). The van der Waals surface area contributed by atoms with Gasteiger partial charge < -0.3 is 5.32 Å². The predicted molar refractivity (Wildman–Crippen MR) is 84.1 cm³/mol. The minimum atomic E-state index is -0.0781. The Morgan fingerprint density at radius 2 is 2.05 bits per heavy atom. The van der Waals surface area contributed by atoms with Crippen LogP contribution < -0.4 is 5.32 Å². The summed E-state index contributed by atoms with van der Waals surface area (Å²) in [5.74, 6) is 0.376. The number of benzene rings is 1. The van der Waals surface area contributed by atoms with Crippen LogP contribution in [-0.2, 0) is 4.79 Å². The Labute approximate surface area is 126 Å². The maximum atomic E-state index is 12.7. The normalized spacial score (nSPS) is 25.1. The van der Waals surface area contributed by atoms with Crippen LogP contribution in [0.5, 0.6) is 0 Å². The van der Waals surface area contributed by atoms with Gasteiger partial charge in [0.25, 0.3) is 0 Å². The zero-order chi connectivity index (χ0) is 14.5. The van der Waals surface area contributed by atoms with Crippen molar-refractivity contribution in [3.63, 3.8) is 0 Å². The fraction of sp³-hybridized carbons (Fsp3) is 0.588. The van der Waals surface area contributed by atoms with Crippen molar-refractivity contribution in [3.8, 4) is 0 Å². The van der Waals surface area contributed by atoms with E-state index in [1.807, 2.05) is 30.3 Å². The van der Waals surface area contributed by atoms with Crippen LogP contribution in [0.3, 0.4) is 0 Å². The second kappa shape index (κ2) is 7.12. The van der Waals surface area contributed by atoms with Crippen molar-refractivity contribution in [2.24, 2.45) is 5.92 Å². The van der Waals surface area contributed by atoms with Crippen LogP contribution in [0.15, 0.2) is 30.3 Å². The first-order valence-electron chi connectivity index (χ1n) is 7.62. The van der Waals surface area contributed by atoms with E-state index in [1.165, 1.54) is 0 Å². The summed E-state index contributed by atoms with van der Waals surface area (Å²) in [4.78, 5) is 12.7. The number of amides is 1. The number of carbonyl (C=O) groups is 1. The van der Waals surface area contributed by atoms with Gasteiger partial charge in [0, 0.05) is 6.04 Å². The lowest BCUT2D eigenvalue weighted by Crippen LogP contribution is -2.42. The number of carbonyl (C=O) groups excluding carboxylic acids is 1. The molecule has 1 amide bonds. The second-order valence-corrected chi connectivity index (χ2v) is 6.40. The fourth-order valence-corrected chi connectivity index (χ4v) is 3.33. The molecule has 20 heavy (non-hydrogen) atoms. The zero-order valence-corrected chi connectivity index (χ0v) is 13.1. The molecule has 0 spiro atoms. The molecular formula is C17H24ClNO. The van der Waals surface area contributed by atoms with Gasteiger partial charge in [-0.1, -0.05) is 50.6 Å². The zero-order valence-electron chi connectivity index (χ0n) is 12.3. The Bertz CT molecular complexity index is 434. The van der Waals surface area contributed by atoms with E-state index in [0.29, 0.717) is 5.92 Å². The third-order valence-corrected chi connectivity index (χ3v) is 4.94. The van der Waals surface area contributed by atoms with Crippen molar-refractivity contribution in [3.05, 3.63) is 35.9 Å². The quantitative estimate of drug-likeness (QED) is 0.814. The molecule has 0 aliphatic heterocycles. The molecule has 0 saturated heterocycles. The molecule has 1 saturated carbocycles. The molecule has 3 heteroatoms. The Balaban J connectivity index is 2.12. The number of rotatable bonds is 5. The van der Waals surface area contributed by atoms with Crippen LogP contribution in [0.25, 0.3) is 0 Å². The predicted octanol–water partition coefficient (Wildman–Crippen LogP) is 4.09. The van der Waals surface area contributed by atoms with Crippen molar-refractivity contribution < 1.29 is 4.79 Å². The standard InChI is InChI=1S/C17H24ClNO/c1-3-12(2)16(13-8-5-4-6-9-13)17(20)19-15-11-7-10-14(15)18/h4-6,8-9,12,14-16H,3,7,10-11H2,1-2H3,(H,19,20). The van der Waals surface area contributed by atoms with Gasteiger partial charge in [0.15, 0.2) is 0 Å². The third-order valence-electron chi connectivity index (χ3n) is 4.41. The Kier molecular flexibility index (Phi) is 5.47. The molecule has 0 heterocycles. The summed E-state index contributed by atoms with van der Waals surface area (Å²) in [6.07, 6.45) is 4.11. The van der Waals surface area contributed by atoms with Gasteiger partial charge in [-0.15, -0.1) is 11.6 Å². The van der Waals surface area contributed by atoms with Crippen LogP contribution in [0.2, 0.25) is 0 Å². The molecule has 1 aromatic carbocycles. The molecule has 1 aromatic rings. The van der Waals surface area contributed by atoms with Crippen LogP contribution >= 0.6 is 11.6 Å². The van der Waals surface area contributed by atoms with E-state index in [2.05, 4.69) is 19.2 Å². The van der Waals surface area contributed by atoms with Gasteiger partial charge in [0.2, 0.25) is 5.91 Å². The van der Waals surface area contributed by atoms with E-state index >= 15 is 0 Å². The monoisotopic (exact) mass is 293 g/mol. The first kappa shape index (κ1) is 15.4. The minimum absolute atomic E-state index is 0.0781. The highest BCUT2D eigenvalue weighted by molar-refractivity contribution is 6.21. The van der Waals surface area contributed by atoms with Crippen molar-refractivity contribution >= 4 is 17.5 Å². The number of hydrogen-bond donors (Lipinski definition) is 1. The summed E-state index contributed by atoms with van der Waals surface area (Å²) in [6.45, 7) is 4.28. The molecular weight excluding hydrogens is 270 g/mol. The highest BCUT2D eigenvalue weighted by atomic mass is 35.5. The summed E-state index contributed by atoms with van der Waals surface area (Å²) in [7, 11) is 0. The van der Waals surface area contributed by atoms with Gasteiger partial charge in [-0.3, -0.25) is 4.79 Å². The summed E-state index contributed by atoms with van der Waals surface area (Å²) in [5, 5.41) is 3.26. The lowest BCUT2D eigenvalue weighted by molar-refractivity contribution is -0.124. The molecule has 4 atom stereocenters. The molecule has 2 nitrogen and oxygen atoms in total. The second-order valence-electron chi connectivity index (χ2n) is 5.84. The van der Waals surface area contributed by atoms with E-state index in [1.54, 1.807) is 0 Å². The van der Waals surface area contributed by atoms with E-state index in [0.717, 1.165) is 31.2 Å². The average molecular weight is 294 g/mol. The van der Waals surface area contributed by atoms with Crippen LogP contribution in [-0.4, -0.2) is 17.3 Å². The lowest BCUT2D eigenvalue weighted by atomic mass is 9.84. The SMILES string of the molecule is CCC(C)C(C(=O)NC1CCCC1Cl)c1ccccc1. The van der Waals surface area contributed by atoms with E-state index < -0.39 is 0 Å². The van der Waals surface area contributed by atoms with Gasteiger partial charge in [-0.2, -0.15) is 0 Å². The van der Waals surface area contributed by atoms with Crippen LogP contribution in [0, 0.1) is 5.92 Å². The first-order valence-corrected chi connectivity index (χ1v) is 8.06. The Hall–Kier alpha value is -1.02. The van der Waals surface area contributed by atoms with Crippen molar-refractivity contribution in [2.45, 2.75) is 56.9 Å². The lowest BCUT2D eigenvalue weighted by Gasteiger charge is -2.25. The molecule has 1 aliphatic rings. The van der Waals surface area contributed by atoms with Crippen molar-refractivity contribution in [1.82, 2.24) is 5.32 Å². The van der Waals surface area contributed by atoms with Gasteiger partial charge >= 0.3 is 0 Å².